The van der Waals surface area contributed by atoms with Crippen molar-refractivity contribution < 1.29 is 4.74 Å². The molecule has 0 radical (unpaired) electrons. The quantitative estimate of drug-likeness (QED) is 0.758. The molecule has 0 aromatic carbocycles. The highest BCUT2D eigenvalue weighted by molar-refractivity contribution is 7.11. The van der Waals surface area contributed by atoms with Crippen molar-refractivity contribution in [3.05, 3.63) is 63.1 Å². The van der Waals surface area contributed by atoms with Gasteiger partial charge in [0.1, 0.15) is 0 Å². The van der Waals surface area contributed by atoms with Crippen LogP contribution in [-0.4, -0.2) is 12.1 Å². The first kappa shape index (κ1) is 13.1. The maximum Gasteiger partial charge on any atom is 0.237 e. The molecule has 3 aromatic heterocycles. The summed E-state index contributed by atoms with van der Waals surface area (Å²) in [4.78, 5) is 6.79. The summed E-state index contributed by atoms with van der Waals surface area (Å²) in [7, 11) is 1.64. The molecule has 0 saturated heterocycles. The van der Waals surface area contributed by atoms with Gasteiger partial charge in [0.25, 0.3) is 0 Å². The van der Waals surface area contributed by atoms with Crippen molar-refractivity contribution in [2.45, 2.75) is 6.04 Å². The van der Waals surface area contributed by atoms with E-state index < -0.39 is 0 Å². The molecule has 3 rings (SSSR count). The Morgan fingerprint density at radius 2 is 1.75 bits per heavy atom. The first-order valence-electron chi connectivity index (χ1n) is 6.21. The molecule has 0 bridgehead atoms. The predicted molar refractivity (Wildman–Crippen MR) is 84.9 cm³/mol. The molecule has 0 aliphatic rings. The molecule has 0 atom stereocenters. The van der Waals surface area contributed by atoms with Crippen LogP contribution in [0.25, 0.3) is 0 Å². The standard InChI is InChI=1S/C15H14N2OS2/c1-18-15-11(5-2-8-16-15)17-14(12-6-3-9-19-12)13-7-4-10-20-13/h2-10,14,17H,1H3. The largest absolute Gasteiger partial charge is 0.480 e. The van der Waals surface area contributed by atoms with E-state index in [2.05, 4.69) is 45.3 Å². The lowest BCUT2D eigenvalue weighted by Crippen LogP contribution is -2.10. The van der Waals surface area contributed by atoms with Crippen molar-refractivity contribution in [1.82, 2.24) is 4.98 Å². The number of thiophene rings is 2. The molecule has 0 aliphatic carbocycles. The van der Waals surface area contributed by atoms with Crippen LogP contribution in [0.3, 0.4) is 0 Å². The summed E-state index contributed by atoms with van der Waals surface area (Å²) in [6.45, 7) is 0. The molecular weight excluding hydrogens is 288 g/mol. The van der Waals surface area contributed by atoms with E-state index in [-0.39, 0.29) is 6.04 Å². The van der Waals surface area contributed by atoms with E-state index in [1.54, 1.807) is 36.0 Å². The van der Waals surface area contributed by atoms with Crippen LogP contribution in [0.4, 0.5) is 5.69 Å². The normalized spacial score (nSPS) is 10.7. The second kappa shape index (κ2) is 6.07. The Labute approximate surface area is 125 Å². The molecule has 0 fully saturated rings. The molecule has 3 aromatic rings. The van der Waals surface area contributed by atoms with Gasteiger partial charge in [-0.05, 0) is 35.0 Å². The summed E-state index contributed by atoms with van der Waals surface area (Å²) in [5.41, 5.74) is 0.904. The van der Waals surface area contributed by atoms with Crippen molar-refractivity contribution >= 4 is 28.4 Å². The van der Waals surface area contributed by atoms with Crippen LogP contribution in [0.5, 0.6) is 5.88 Å². The zero-order valence-electron chi connectivity index (χ0n) is 10.9. The summed E-state index contributed by atoms with van der Waals surface area (Å²) in [6, 6.07) is 12.5. The zero-order chi connectivity index (χ0) is 13.8. The average Bonchev–Trinajstić information content (AvgIpc) is 3.18. The first-order chi connectivity index (χ1) is 9.88. The van der Waals surface area contributed by atoms with Crippen LogP contribution in [0.15, 0.2) is 53.4 Å². The van der Waals surface area contributed by atoms with E-state index in [4.69, 9.17) is 4.74 Å². The maximum atomic E-state index is 5.31. The van der Waals surface area contributed by atoms with Crippen molar-refractivity contribution in [3.63, 3.8) is 0 Å². The number of nitrogens with zero attached hydrogens (tertiary/aromatic N) is 1. The van der Waals surface area contributed by atoms with Crippen LogP contribution in [0.2, 0.25) is 0 Å². The van der Waals surface area contributed by atoms with Crippen LogP contribution in [-0.2, 0) is 0 Å². The van der Waals surface area contributed by atoms with E-state index in [0.29, 0.717) is 5.88 Å². The van der Waals surface area contributed by atoms with Crippen LogP contribution in [0, 0.1) is 0 Å². The van der Waals surface area contributed by atoms with Gasteiger partial charge in [-0.1, -0.05) is 12.1 Å². The third-order valence-corrected chi connectivity index (χ3v) is 4.79. The van der Waals surface area contributed by atoms with Gasteiger partial charge in [-0.25, -0.2) is 4.98 Å². The van der Waals surface area contributed by atoms with Gasteiger partial charge in [0, 0.05) is 16.0 Å². The lowest BCUT2D eigenvalue weighted by atomic mass is 10.2. The second-order valence-corrected chi connectivity index (χ2v) is 6.13. The van der Waals surface area contributed by atoms with E-state index in [1.807, 2.05) is 12.1 Å². The lowest BCUT2D eigenvalue weighted by Gasteiger charge is -2.18. The van der Waals surface area contributed by atoms with Crippen molar-refractivity contribution in [3.8, 4) is 5.88 Å². The Bertz CT molecular complexity index is 616. The second-order valence-electron chi connectivity index (χ2n) is 4.17. The third-order valence-electron chi connectivity index (χ3n) is 2.92. The third kappa shape index (κ3) is 2.69. The molecule has 3 nitrogen and oxygen atoms in total. The van der Waals surface area contributed by atoms with Crippen molar-refractivity contribution in [1.29, 1.82) is 0 Å². The minimum absolute atomic E-state index is 0.132. The van der Waals surface area contributed by atoms with E-state index >= 15 is 0 Å². The Morgan fingerprint density at radius 3 is 2.30 bits per heavy atom. The van der Waals surface area contributed by atoms with Gasteiger partial charge in [0.15, 0.2) is 0 Å². The van der Waals surface area contributed by atoms with E-state index in [0.717, 1.165) is 5.69 Å². The summed E-state index contributed by atoms with van der Waals surface area (Å²) in [6.07, 6.45) is 1.73. The molecule has 102 valence electrons. The Hall–Kier alpha value is -1.85. The minimum Gasteiger partial charge on any atom is -0.480 e. The fourth-order valence-electron chi connectivity index (χ4n) is 2.01. The van der Waals surface area contributed by atoms with Gasteiger partial charge in [-0.15, -0.1) is 22.7 Å². The number of hydrogen-bond acceptors (Lipinski definition) is 5. The Morgan fingerprint density at radius 1 is 1.05 bits per heavy atom. The number of ether oxygens (including phenoxy) is 1. The van der Waals surface area contributed by atoms with E-state index in [9.17, 15) is 0 Å². The number of nitrogens with one attached hydrogen (secondary N) is 1. The topological polar surface area (TPSA) is 34.1 Å². The molecule has 0 aliphatic heterocycles. The van der Waals surface area contributed by atoms with Crippen LogP contribution >= 0.6 is 22.7 Å². The first-order valence-corrected chi connectivity index (χ1v) is 7.97. The van der Waals surface area contributed by atoms with E-state index in [1.165, 1.54) is 9.75 Å². The Balaban J connectivity index is 1.95. The molecule has 0 saturated carbocycles. The van der Waals surface area contributed by atoms with Gasteiger partial charge >= 0.3 is 0 Å². The highest BCUT2D eigenvalue weighted by Gasteiger charge is 2.18. The molecule has 0 unspecified atom stereocenters. The molecule has 20 heavy (non-hydrogen) atoms. The number of rotatable bonds is 5. The van der Waals surface area contributed by atoms with Crippen molar-refractivity contribution in [2.24, 2.45) is 0 Å². The molecule has 5 heteroatoms. The highest BCUT2D eigenvalue weighted by atomic mass is 32.1. The highest BCUT2D eigenvalue weighted by Crippen LogP contribution is 2.34. The van der Waals surface area contributed by atoms with Gasteiger partial charge in [-0.2, -0.15) is 0 Å². The number of methoxy groups -OCH3 is 1. The van der Waals surface area contributed by atoms with Crippen LogP contribution < -0.4 is 10.1 Å². The average molecular weight is 302 g/mol. The molecule has 0 spiro atoms. The number of anilines is 1. The fourth-order valence-corrected chi connectivity index (χ4v) is 3.67. The number of pyridine rings is 1. The summed E-state index contributed by atoms with van der Waals surface area (Å²) in [5, 5.41) is 7.73. The summed E-state index contributed by atoms with van der Waals surface area (Å²) < 4.78 is 5.31. The fraction of sp³-hybridized carbons (Fsp3) is 0.133. The monoisotopic (exact) mass is 302 g/mol. The van der Waals surface area contributed by atoms with Gasteiger partial charge < -0.3 is 10.1 Å². The van der Waals surface area contributed by atoms with Gasteiger partial charge in [-0.3, -0.25) is 0 Å². The molecule has 1 N–H and O–H groups in total. The molecule has 0 amide bonds. The maximum absolute atomic E-state index is 5.31. The minimum atomic E-state index is 0.132. The number of hydrogen-bond donors (Lipinski definition) is 1. The smallest absolute Gasteiger partial charge is 0.237 e. The zero-order valence-corrected chi connectivity index (χ0v) is 12.6. The van der Waals surface area contributed by atoms with Gasteiger partial charge in [0.2, 0.25) is 5.88 Å². The van der Waals surface area contributed by atoms with Crippen LogP contribution in [0.1, 0.15) is 15.8 Å². The Kier molecular flexibility index (Phi) is 3.99. The number of aromatic nitrogens is 1. The predicted octanol–water partition coefficient (Wildman–Crippen LogP) is 4.41. The van der Waals surface area contributed by atoms with Gasteiger partial charge in [0.05, 0.1) is 18.8 Å². The molecular formula is C15H14N2OS2. The molecule has 3 heterocycles. The lowest BCUT2D eigenvalue weighted by molar-refractivity contribution is 0.399. The summed E-state index contributed by atoms with van der Waals surface area (Å²) >= 11 is 3.49. The SMILES string of the molecule is COc1ncccc1NC(c1cccs1)c1cccs1. The van der Waals surface area contributed by atoms with Crippen molar-refractivity contribution in [2.75, 3.05) is 12.4 Å². The summed E-state index contributed by atoms with van der Waals surface area (Å²) in [5.74, 6) is 0.616.